The fourth-order valence-corrected chi connectivity index (χ4v) is 5.84. The maximum absolute atomic E-state index is 12.9. The van der Waals surface area contributed by atoms with Crippen LogP contribution in [0.25, 0.3) is 0 Å². The van der Waals surface area contributed by atoms with Crippen LogP contribution in [0.2, 0.25) is 0 Å². The van der Waals surface area contributed by atoms with Crippen LogP contribution in [-0.2, 0) is 21.2 Å². The first-order valence-electron chi connectivity index (χ1n) is 8.84. The van der Waals surface area contributed by atoms with E-state index in [1.807, 2.05) is 13.8 Å². The van der Waals surface area contributed by atoms with Crippen molar-refractivity contribution in [2.45, 2.75) is 38.0 Å². The summed E-state index contributed by atoms with van der Waals surface area (Å²) in [4.78, 5) is 18.4. The molecule has 1 unspecified atom stereocenters. The molecular weight excluding hydrogens is 450 g/mol. The second-order valence-electron chi connectivity index (χ2n) is 6.52. The smallest absolute Gasteiger partial charge is 0.243 e. The Kier molecular flexibility index (Phi) is 6.35. The van der Waals surface area contributed by atoms with Crippen molar-refractivity contribution in [3.63, 3.8) is 0 Å². The summed E-state index contributed by atoms with van der Waals surface area (Å²) in [7, 11) is -3.61. The monoisotopic (exact) mass is 471 g/mol. The molecule has 146 valence electrons. The highest BCUT2D eigenvalue weighted by atomic mass is 79.9. The van der Waals surface area contributed by atoms with Crippen LogP contribution >= 0.6 is 27.3 Å². The van der Waals surface area contributed by atoms with Crippen molar-refractivity contribution >= 4 is 48.3 Å². The fraction of sp³-hybridized carbons (Fsp3) is 0.444. The zero-order valence-electron chi connectivity index (χ0n) is 15.2. The third-order valence-electron chi connectivity index (χ3n) is 4.66. The van der Waals surface area contributed by atoms with Crippen LogP contribution in [-0.4, -0.2) is 36.7 Å². The van der Waals surface area contributed by atoms with E-state index in [-0.39, 0.29) is 23.3 Å². The maximum atomic E-state index is 12.9. The summed E-state index contributed by atoms with van der Waals surface area (Å²) in [6, 6.07) is 6.57. The number of nitrogens with zero attached hydrogens (tertiary/aromatic N) is 2. The van der Waals surface area contributed by atoms with Crippen LogP contribution < -0.4 is 5.32 Å². The molecule has 6 nitrogen and oxygen atoms in total. The van der Waals surface area contributed by atoms with Crippen LogP contribution in [0.3, 0.4) is 0 Å². The number of hydrogen-bond donors (Lipinski definition) is 1. The Labute approximate surface area is 172 Å². The number of amides is 1. The summed E-state index contributed by atoms with van der Waals surface area (Å²) in [5, 5.41) is 3.45. The fourth-order valence-electron chi connectivity index (χ4n) is 3.15. The van der Waals surface area contributed by atoms with Crippen LogP contribution in [0.4, 0.5) is 5.13 Å². The Morgan fingerprint density at radius 3 is 2.70 bits per heavy atom. The standard InChI is InChI=1S/C18H22BrN3O3S2/c1-3-16-12(2)26-18(20-16)21-17(23)13-5-4-10-22(11-13)27(24,25)15-8-6-14(19)7-9-15/h6-9,13H,3-5,10-11H2,1-2H3,(H,20,21,23). The van der Waals surface area contributed by atoms with Gasteiger partial charge in [0.1, 0.15) is 0 Å². The number of aromatic nitrogens is 1. The summed E-state index contributed by atoms with van der Waals surface area (Å²) in [5.74, 6) is -0.541. The molecule has 1 saturated heterocycles. The second-order valence-corrected chi connectivity index (χ2v) is 10.6. The number of thiazole rings is 1. The van der Waals surface area contributed by atoms with Crippen LogP contribution in [0.1, 0.15) is 30.3 Å². The van der Waals surface area contributed by atoms with Gasteiger partial charge in [0.15, 0.2) is 5.13 Å². The minimum Gasteiger partial charge on any atom is -0.302 e. The number of halogens is 1. The van der Waals surface area contributed by atoms with Crippen molar-refractivity contribution in [3.8, 4) is 0 Å². The van der Waals surface area contributed by atoms with Crippen LogP contribution in [0, 0.1) is 12.8 Å². The van der Waals surface area contributed by atoms with E-state index in [4.69, 9.17) is 0 Å². The Bertz CT molecular complexity index is 926. The Hall–Kier alpha value is -1.29. The summed E-state index contributed by atoms with van der Waals surface area (Å²) in [6.07, 6.45) is 2.15. The highest BCUT2D eigenvalue weighted by Crippen LogP contribution is 2.27. The third-order valence-corrected chi connectivity index (χ3v) is 8.00. The molecule has 0 radical (unpaired) electrons. The molecule has 1 aromatic heterocycles. The predicted octanol–water partition coefficient (Wildman–Crippen LogP) is 3.82. The van der Waals surface area contributed by atoms with Gasteiger partial charge in [-0.3, -0.25) is 4.79 Å². The van der Waals surface area contributed by atoms with Gasteiger partial charge in [0.25, 0.3) is 0 Å². The topological polar surface area (TPSA) is 79.4 Å². The lowest BCUT2D eigenvalue weighted by Gasteiger charge is -2.31. The van der Waals surface area contributed by atoms with E-state index >= 15 is 0 Å². The molecule has 0 aliphatic carbocycles. The van der Waals surface area contributed by atoms with Gasteiger partial charge in [0.05, 0.1) is 16.5 Å². The molecular formula is C18H22BrN3O3S2. The average molecular weight is 472 g/mol. The SMILES string of the molecule is CCc1nc(NC(=O)C2CCCN(S(=O)(=O)c3ccc(Br)cc3)C2)sc1C. The number of hydrogen-bond acceptors (Lipinski definition) is 5. The first-order valence-corrected chi connectivity index (χ1v) is 11.9. The van der Waals surface area contributed by atoms with Crippen molar-refractivity contribution in [2.24, 2.45) is 5.92 Å². The number of aryl methyl sites for hydroxylation is 2. The number of nitrogens with one attached hydrogen (secondary N) is 1. The summed E-state index contributed by atoms with van der Waals surface area (Å²) < 4.78 is 28.0. The number of carbonyl (C=O) groups is 1. The molecule has 1 atom stereocenters. The van der Waals surface area contributed by atoms with Gasteiger partial charge in [0.2, 0.25) is 15.9 Å². The molecule has 1 aliphatic heterocycles. The normalized spacial score (nSPS) is 18.4. The zero-order valence-corrected chi connectivity index (χ0v) is 18.5. The summed E-state index contributed by atoms with van der Waals surface area (Å²) >= 11 is 4.77. The molecule has 3 rings (SSSR count). The van der Waals surface area contributed by atoms with E-state index in [2.05, 4.69) is 26.2 Å². The first-order chi connectivity index (χ1) is 12.8. The molecule has 1 N–H and O–H groups in total. The zero-order chi connectivity index (χ0) is 19.6. The van der Waals surface area contributed by atoms with Crippen LogP contribution in [0.15, 0.2) is 33.6 Å². The highest BCUT2D eigenvalue weighted by molar-refractivity contribution is 9.10. The van der Waals surface area contributed by atoms with E-state index in [9.17, 15) is 13.2 Å². The van der Waals surface area contributed by atoms with E-state index in [1.54, 1.807) is 24.3 Å². The highest BCUT2D eigenvalue weighted by Gasteiger charge is 2.33. The summed E-state index contributed by atoms with van der Waals surface area (Å²) in [6.45, 7) is 4.63. The lowest BCUT2D eigenvalue weighted by Crippen LogP contribution is -2.43. The van der Waals surface area contributed by atoms with E-state index in [0.29, 0.717) is 24.5 Å². The first kappa shape index (κ1) is 20.4. The van der Waals surface area contributed by atoms with Gasteiger partial charge in [-0.15, -0.1) is 11.3 Å². The third kappa shape index (κ3) is 4.59. The minimum atomic E-state index is -3.61. The quantitative estimate of drug-likeness (QED) is 0.718. The molecule has 9 heteroatoms. The number of piperidine rings is 1. The Morgan fingerprint density at radius 1 is 1.37 bits per heavy atom. The van der Waals surface area contributed by atoms with Crippen molar-refractivity contribution in [3.05, 3.63) is 39.3 Å². The Balaban J connectivity index is 1.71. The number of rotatable bonds is 5. The van der Waals surface area contributed by atoms with Crippen molar-refractivity contribution < 1.29 is 13.2 Å². The Morgan fingerprint density at radius 2 is 2.07 bits per heavy atom. The second kappa shape index (κ2) is 8.38. The van der Waals surface area contributed by atoms with Gasteiger partial charge >= 0.3 is 0 Å². The predicted molar refractivity (Wildman–Crippen MR) is 110 cm³/mol. The number of anilines is 1. The van der Waals surface area contributed by atoms with Gasteiger partial charge in [-0.2, -0.15) is 4.31 Å². The lowest BCUT2D eigenvalue weighted by atomic mass is 9.99. The van der Waals surface area contributed by atoms with Crippen LogP contribution in [0.5, 0.6) is 0 Å². The van der Waals surface area contributed by atoms with Gasteiger partial charge in [0, 0.05) is 22.4 Å². The van der Waals surface area contributed by atoms with E-state index < -0.39 is 10.0 Å². The van der Waals surface area contributed by atoms with E-state index in [1.165, 1.54) is 15.6 Å². The number of benzene rings is 1. The number of carbonyl (C=O) groups excluding carboxylic acids is 1. The largest absolute Gasteiger partial charge is 0.302 e. The molecule has 1 fully saturated rings. The molecule has 2 aromatic rings. The minimum absolute atomic E-state index is 0.165. The van der Waals surface area contributed by atoms with Gasteiger partial charge in [-0.05, 0) is 50.5 Å². The molecule has 27 heavy (non-hydrogen) atoms. The molecule has 0 saturated carbocycles. The molecule has 1 aromatic carbocycles. The van der Waals surface area contributed by atoms with Gasteiger partial charge in [-0.1, -0.05) is 22.9 Å². The van der Waals surface area contributed by atoms with Gasteiger partial charge < -0.3 is 5.32 Å². The van der Waals surface area contributed by atoms with Crippen molar-refractivity contribution in [1.29, 1.82) is 0 Å². The molecule has 0 bridgehead atoms. The van der Waals surface area contributed by atoms with E-state index in [0.717, 1.165) is 21.5 Å². The molecule has 1 aliphatic rings. The molecule has 2 heterocycles. The maximum Gasteiger partial charge on any atom is 0.243 e. The average Bonchev–Trinajstić information content (AvgIpc) is 3.01. The lowest BCUT2D eigenvalue weighted by molar-refractivity contribution is -0.120. The van der Waals surface area contributed by atoms with Crippen molar-refractivity contribution in [2.75, 3.05) is 18.4 Å². The summed E-state index contributed by atoms with van der Waals surface area (Å²) in [5.41, 5.74) is 0.985. The van der Waals surface area contributed by atoms with Gasteiger partial charge in [-0.25, -0.2) is 13.4 Å². The number of sulfonamides is 1. The molecule has 1 amide bonds. The van der Waals surface area contributed by atoms with Crippen molar-refractivity contribution in [1.82, 2.24) is 9.29 Å². The molecule has 0 spiro atoms.